The van der Waals surface area contributed by atoms with Crippen molar-refractivity contribution in [1.82, 2.24) is 5.32 Å². The number of carbonyl (C=O) groups excluding carboxylic acids is 1. The van der Waals surface area contributed by atoms with Crippen molar-refractivity contribution in [2.45, 2.75) is 31.0 Å². The van der Waals surface area contributed by atoms with Crippen LogP contribution in [0.25, 0.3) is 4.85 Å². The summed E-state index contributed by atoms with van der Waals surface area (Å²) >= 11 is 0. The topological polar surface area (TPSA) is 61.2 Å². The molecule has 21 heavy (non-hydrogen) atoms. The van der Waals surface area contributed by atoms with Gasteiger partial charge in [0.1, 0.15) is 12.1 Å². The van der Waals surface area contributed by atoms with Gasteiger partial charge < -0.3 is 19.1 Å². The molecular weight excluding hydrogens is 272 g/mol. The minimum atomic E-state index is -0.702. The third-order valence-corrected chi connectivity index (χ3v) is 4.08. The van der Waals surface area contributed by atoms with Crippen molar-refractivity contribution < 1.29 is 19.0 Å². The Morgan fingerprint density at radius 3 is 2.95 bits per heavy atom. The van der Waals surface area contributed by atoms with Crippen LogP contribution in [0.1, 0.15) is 24.9 Å². The predicted octanol–water partition coefficient (Wildman–Crippen LogP) is 1.67. The molecule has 2 aliphatic heterocycles. The van der Waals surface area contributed by atoms with Gasteiger partial charge in [-0.25, -0.2) is 6.57 Å². The number of benzene rings is 1. The number of esters is 1. The first-order valence-corrected chi connectivity index (χ1v) is 6.69. The van der Waals surface area contributed by atoms with Crippen molar-refractivity contribution in [1.29, 1.82) is 0 Å². The van der Waals surface area contributed by atoms with E-state index in [0.29, 0.717) is 17.9 Å². The minimum Gasteiger partial charge on any atom is -0.468 e. The van der Waals surface area contributed by atoms with Crippen molar-refractivity contribution in [2.75, 3.05) is 13.9 Å². The van der Waals surface area contributed by atoms with E-state index in [0.717, 1.165) is 5.56 Å². The number of hydrogen-bond acceptors (Lipinski definition) is 5. The summed E-state index contributed by atoms with van der Waals surface area (Å²) in [5.74, 6) is 1.03. The lowest BCUT2D eigenvalue weighted by atomic mass is 9.87. The summed E-state index contributed by atoms with van der Waals surface area (Å²) in [6.07, 6.45) is 0.419. The molecule has 2 heterocycles. The molecule has 0 saturated carbocycles. The fourth-order valence-corrected chi connectivity index (χ4v) is 2.92. The normalized spacial score (nSPS) is 30.0. The van der Waals surface area contributed by atoms with Crippen molar-refractivity contribution in [2.24, 2.45) is 0 Å². The van der Waals surface area contributed by atoms with Crippen LogP contribution in [0.2, 0.25) is 0 Å². The number of rotatable bonds is 2. The summed E-state index contributed by atoms with van der Waals surface area (Å²) < 4.78 is 15.5. The van der Waals surface area contributed by atoms with Crippen LogP contribution < -0.4 is 14.8 Å². The van der Waals surface area contributed by atoms with Gasteiger partial charge in [-0.2, -0.15) is 0 Å². The van der Waals surface area contributed by atoms with Crippen molar-refractivity contribution in [3.05, 3.63) is 35.2 Å². The number of fused-ring (bicyclic) bond motifs is 1. The fraction of sp³-hybridized carbons (Fsp3) is 0.467. The Balaban J connectivity index is 1.93. The first-order valence-electron chi connectivity index (χ1n) is 6.69. The second-order valence-electron chi connectivity index (χ2n) is 5.46. The molecule has 110 valence electrons. The van der Waals surface area contributed by atoms with Crippen LogP contribution in [0.4, 0.5) is 0 Å². The highest BCUT2D eigenvalue weighted by Crippen LogP contribution is 2.42. The number of nitrogens with zero attached hydrogens (tertiary/aromatic N) is 1. The molecule has 0 aliphatic carbocycles. The molecule has 1 fully saturated rings. The number of methoxy groups -OCH3 is 1. The molecule has 1 aromatic carbocycles. The number of hydrogen-bond donors (Lipinski definition) is 1. The van der Waals surface area contributed by atoms with Crippen LogP contribution in [-0.4, -0.2) is 31.5 Å². The fourth-order valence-electron chi connectivity index (χ4n) is 2.92. The lowest BCUT2D eigenvalue weighted by molar-refractivity contribution is -0.142. The standard InChI is InChI=1S/C15H16N2O4/c1-15(16-2)7-10(14(18)19-3)17-13(15)9-4-5-11-12(6-9)21-8-20-11/h4-6,10,13,17H,7-8H2,1,3H3/t10-,13?,15-/m0/s1. The maximum atomic E-state index is 11.7. The van der Waals surface area contributed by atoms with Crippen molar-refractivity contribution >= 4 is 5.97 Å². The Kier molecular flexibility index (Phi) is 3.22. The van der Waals surface area contributed by atoms with Gasteiger partial charge in [0.25, 0.3) is 5.54 Å². The molecule has 3 atom stereocenters. The molecule has 6 heteroatoms. The Hall–Kier alpha value is -2.26. The van der Waals surface area contributed by atoms with E-state index in [1.54, 1.807) is 0 Å². The van der Waals surface area contributed by atoms with Crippen LogP contribution in [0.15, 0.2) is 18.2 Å². The number of nitrogens with one attached hydrogen (secondary N) is 1. The van der Waals surface area contributed by atoms with Gasteiger partial charge in [-0.1, -0.05) is 6.07 Å². The molecule has 0 aromatic heterocycles. The van der Waals surface area contributed by atoms with Crippen LogP contribution in [0.5, 0.6) is 11.5 Å². The lowest BCUT2D eigenvalue weighted by Gasteiger charge is -2.19. The van der Waals surface area contributed by atoms with Gasteiger partial charge in [-0.05, 0) is 17.7 Å². The van der Waals surface area contributed by atoms with E-state index in [4.69, 9.17) is 20.8 Å². The van der Waals surface area contributed by atoms with Crippen molar-refractivity contribution in [3.8, 4) is 11.5 Å². The Bertz CT molecular complexity index is 625. The summed E-state index contributed by atoms with van der Waals surface area (Å²) in [6.45, 7) is 9.56. The van der Waals surface area contributed by atoms with E-state index in [9.17, 15) is 4.79 Å². The van der Waals surface area contributed by atoms with E-state index >= 15 is 0 Å². The minimum absolute atomic E-state index is 0.210. The quantitative estimate of drug-likeness (QED) is 0.662. The van der Waals surface area contributed by atoms with Gasteiger partial charge in [-0.3, -0.25) is 10.1 Å². The molecule has 1 saturated heterocycles. The molecule has 1 aromatic rings. The number of ether oxygens (including phenoxy) is 3. The summed E-state index contributed by atoms with van der Waals surface area (Å²) in [6, 6.07) is 4.87. The molecule has 3 rings (SSSR count). The molecule has 0 spiro atoms. The van der Waals surface area contributed by atoms with Crippen LogP contribution in [-0.2, 0) is 9.53 Å². The number of carbonyl (C=O) groups is 1. The summed E-state index contributed by atoms with van der Waals surface area (Å²) in [5, 5.41) is 3.21. The van der Waals surface area contributed by atoms with Crippen LogP contribution in [0, 0.1) is 6.57 Å². The van der Waals surface area contributed by atoms with Gasteiger partial charge in [0.05, 0.1) is 13.5 Å². The zero-order valence-corrected chi connectivity index (χ0v) is 11.9. The largest absolute Gasteiger partial charge is 0.468 e. The zero-order valence-electron chi connectivity index (χ0n) is 11.9. The van der Waals surface area contributed by atoms with Gasteiger partial charge in [0.2, 0.25) is 6.79 Å². The highest BCUT2D eigenvalue weighted by molar-refractivity contribution is 5.76. The van der Waals surface area contributed by atoms with Gasteiger partial charge in [0.15, 0.2) is 11.5 Å². The third-order valence-electron chi connectivity index (χ3n) is 4.08. The first kappa shape index (κ1) is 13.7. The van der Waals surface area contributed by atoms with E-state index in [2.05, 4.69) is 10.2 Å². The maximum Gasteiger partial charge on any atom is 0.323 e. The summed E-state index contributed by atoms with van der Waals surface area (Å²) in [4.78, 5) is 15.5. The second-order valence-corrected chi connectivity index (χ2v) is 5.46. The third kappa shape index (κ3) is 2.20. The summed E-state index contributed by atoms with van der Waals surface area (Å²) in [5.41, 5.74) is 0.205. The first-order chi connectivity index (χ1) is 10.1. The van der Waals surface area contributed by atoms with E-state index in [-0.39, 0.29) is 18.8 Å². The maximum absolute atomic E-state index is 11.7. The molecule has 0 amide bonds. The molecule has 6 nitrogen and oxygen atoms in total. The van der Waals surface area contributed by atoms with E-state index < -0.39 is 11.6 Å². The Labute approximate surface area is 122 Å². The smallest absolute Gasteiger partial charge is 0.323 e. The van der Waals surface area contributed by atoms with Gasteiger partial charge >= 0.3 is 5.97 Å². The Morgan fingerprint density at radius 2 is 2.24 bits per heavy atom. The van der Waals surface area contributed by atoms with E-state index in [1.807, 2.05) is 25.1 Å². The SMILES string of the molecule is [C-]#[N+][C@@]1(C)C[C@@H](C(=O)OC)NC1c1ccc2c(c1)OCO2. The average molecular weight is 288 g/mol. The molecule has 0 radical (unpaired) electrons. The summed E-state index contributed by atoms with van der Waals surface area (Å²) in [7, 11) is 1.35. The van der Waals surface area contributed by atoms with Gasteiger partial charge in [0, 0.05) is 6.92 Å². The molecular formula is C15H16N2O4. The second kappa shape index (κ2) is 4.93. The Morgan fingerprint density at radius 1 is 1.48 bits per heavy atom. The van der Waals surface area contributed by atoms with Crippen molar-refractivity contribution in [3.63, 3.8) is 0 Å². The highest BCUT2D eigenvalue weighted by Gasteiger charge is 2.53. The average Bonchev–Trinajstić information content (AvgIpc) is 3.10. The van der Waals surface area contributed by atoms with Crippen LogP contribution in [0.3, 0.4) is 0 Å². The lowest BCUT2D eigenvalue weighted by Crippen LogP contribution is -2.33. The van der Waals surface area contributed by atoms with E-state index in [1.165, 1.54) is 7.11 Å². The molecule has 2 aliphatic rings. The molecule has 0 bridgehead atoms. The zero-order chi connectivity index (χ0) is 15.0. The molecule has 1 unspecified atom stereocenters. The monoisotopic (exact) mass is 288 g/mol. The van der Waals surface area contributed by atoms with Gasteiger partial charge in [-0.15, -0.1) is 0 Å². The highest BCUT2D eigenvalue weighted by atomic mass is 16.7. The molecule has 1 N–H and O–H groups in total. The predicted molar refractivity (Wildman–Crippen MR) is 73.9 cm³/mol. The van der Waals surface area contributed by atoms with Crippen LogP contribution >= 0.6 is 0 Å².